The molecular weight excluding hydrogens is 240 g/mol. The first-order valence-electron chi connectivity index (χ1n) is 5.73. The summed E-state index contributed by atoms with van der Waals surface area (Å²) in [6.45, 7) is 5.88. The number of rotatable bonds is 7. The number of halogens is 1. The monoisotopic (exact) mass is 258 g/mol. The molecule has 1 rings (SSSR count). The van der Waals surface area contributed by atoms with Crippen molar-refractivity contribution in [3.05, 3.63) is 28.8 Å². The van der Waals surface area contributed by atoms with Gasteiger partial charge >= 0.3 is 0 Å². The molecule has 0 unspecified atom stereocenters. The minimum atomic E-state index is -0.0806. The zero-order valence-electron chi connectivity index (χ0n) is 10.3. The fourth-order valence-corrected chi connectivity index (χ4v) is 1.54. The van der Waals surface area contributed by atoms with Crippen molar-refractivity contribution < 1.29 is 14.6 Å². The van der Waals surface area contributed by atoms with Gasteiger partial charge in [-0.25, -0.2) is 0 Å². The van der Waals surface area contributed by atoms with Gasteiger partial charge in [-0.15, -0.1) is 0 Å². The summed E-state index contributed by atoms with van der Waals surface area (Å²) < 4.78 is 10.9. The van der Waals surface area contributed by atoms with E-state index in [9.17, 15) is 0 Å². The minimum Gasteiger partial charge on any atom is -0.491 e. The highest BCUT2D eigenvalue weighted by Crippen LogP contribution is 2.22. The SMILES string of the molecule is CC(C)COCCOc1ccc(Cl)cc1CO. The highest BCUT2D eigenvalue weighted by Gasteiger charge is 2.03. The van der Waals surface area contributed by atoms with Gasteiger partial charge in [0.05, 0.1) is 13.2 Å². The molecule has 96 valence electrons. The van der Waals surface area contributed by atoms with Crippen LogP contribution < -0.4 is 4.74 Å². The van der Waals surface area contributed by atoms with Crippen LogP contribution in [0.2, 0.25) is 5.02 Å². The molecule has 0 heterocycles. The predicted octanol–water partition coefficient (Wildman–Crippen LogP) is 2.88. The van der Waals surface area contributed by atoms with Crippen molar-refractivity contribution in [1.82, 2.24) is 0 Å². The van der Waals surface area contributed by atoms with Gasteiger partial charge in [0.2, 0.25) is 0 Å². The molecule has 0 aliphatic carbocycles. The smallest absolute Gasteiger partial charge is 0.125 e. The summed E-state index contributed by atoms with van der Waals surface area (Å²) >= 11 is 5.82. The minimum absolute atomic E-state index is 0.0806. The Kier molecular flexibility index (Phi) is 6.34. The summed E-state index contributed by atoms with van der Waals surface area (Å²) in [5.74, 6) is 1.18. The number of ether oxygens (including phenoxy) is 2. The van der Waals surface area contributed by atoms with Crippen LogP contribution in [0.15, 0.2) is 18.2 Å². The van der Waals surface area contributed by atoms with Crippen LogP contribution in [-0.4, -0.2) is 24.9 Å². The van der Waals surface area contributed by atoms with Crippen LogP contribution in [0, 0.1) is 5.92 Å². The molecule has 0 saturated heterocycles. The first-order valence-corrected chi connectivity index (χ1v) is 6.11. The average molecular weight is 259 g/mol. The summed E-state index contributed by atoms with van der Waals surface area (Å²) in [6, 6.07) is 5.20. The van der Waals surface area contributed by atoms with E-state index in [1.807, 2.05) is 0 Å². The Hall–Kier alpha value is -0.770. The lowest BCUT2D eigenvalue weighted by molar-refractivity contribution is 0.0812. The van der Waals surface area contributed by atoms with Crippen molar-refractivity contribution in [1.29, 1.82) is 0 Å². The number of aliphatic hydroxyl groups excluding tert-OH is 1. The molecule has 0 aliphatic heterocycles. The number of benzene rings is 1. The standard InChI is InChI=1S/C13H19ClO3/c1-10(2)9-16-5-6-17-13-4-3-12(14)7-11(13)8-15/h3-4,7,10,15H,5-6,8-9H2,1-2H3. The molecule has 0 aliphatic rings. The molecule has 0 saturated carbocycles. The molecule has 0 amide bonds. The molecule has 0 spiro atoms. The van der Waals surface area contributed by atoms with E-state index < -0.39 is 0 Å². The Bertz CT molecular complexity index is 339. The van der Waals surface area contributed by atoms with E-state index in [1.54, 1.807) is 18.2 Å². The summed E-state index contributed by atoms with van der Waals surface area (Å²) in [5, 5.41) is 9.74. The molecule has 4 heteroatoms. The maximum absolute atomic E-state index is 9.15. The number of aliphatic hydroxyl groups is 1. The lowest BCUT2D eigenvalue weighted by atomic mass is 10.2. The van der Waals surface area contributed by atoms with Crippen molar-refractivity contribution in [2.75, 3.05) is 19.8 Å². The second-order valence-electron chi connectivity index (χ2n) is 4.23. The molecule has 0 atom stereocenters. The molecule has 0 fully saturated rings. The van der Waals surface area contributed by atoms with E-state index in [0.717, 1.165) is 6.61 Å². The first-order chi connectivity index (χ1) is 8.13. The van der Waals surface area contributed by atoms with Crippen LogP contribution in [0.1, 0.15) is 19.4 Å². The van der Waals surface area contributed by atoms with Gasteiger partial charge in [0, 0.05) is 17.2 Å². The first kappa shape index (κ1) is 14.3. The summed E-state index contributed by atoms with van der Waals surface area (Å²) in [7, 11) is 0. The maximum atomic E-state index is 9.15. The second kappa shape index (κ2) is 7.54. The van der Waals surface area contributed by atoms with Gasteiger partial charge < -0.3 is 14.6 Å². The fraction of sp³-hybridized carbons (Fsp3) is 0.538. The van der Waals surface area contributed by atoms with E-state index in [1.165, 1.54) is 0 Å². The Labute approximate surface area is 107 Å². The van der Waals surface area contributed by atoms with Gasteiger partial charge in [0.25, 0.3) is 0 Å². The van der Waals surface area contributed by atoms with Gasteiger partial charge in [-0.2, -0.15) is 0 Å². The largest absolute Gasteiger partial charge is 0.491 e. The van der Waals surface area contributed by atoms with E-state index in [4.69, 9.17) is 26.2 Å². The van der Waals surface area contributed by atoms with E-state index in [0.29, 0.717) is 35.5 Å². The quantitative estimate of drug-likeness (QED) is 0.765. The van der Waals surface area contributed by atoms with Crippen molar-refractivity contribution >= 4 is 11.6 Å². The Morgan fingerprint density at radius 3 is 2.71 bits per heavy atom. The molecule has 0 bridgehead atoms. The van der Waals surface area contributed by atoms with Crippen molar-refractivity contribution in [2.45, 2.75) is 20.5 Å². The molecule has 1 aromatic rings. The Balaban J connectivity index is 2.36. The lowest BCUT2D eigenvalue weighted by Crippen LogP contribution is -2.10. The zero-order valence-corrected chi connectivity index (χ0v) is 11.0. The molecule has 17 heavy (non-hydrogen) atoms. The van der Waals surface area contributed by atoms with Crippen molar-refractivity contribution in [2.24, 2.45) is 5.92 Å². The maximum Gasteiger partial charge on any atom is 0.125 e. The highest BCUT2D eigenvalue weighted by atomic mass is 35.5. The van der Waals surface area contributed by atoms with E-state index >= 15 is 0 Å². The zero-order chi connectivity index (χ0) is 12.7. The molecule has 3 nitrogen and oxygen atoms in total. The van der Waals surface area contributed by atoms with Gasteiger partial charge in [0.15, 0.2) is 0 Å². The number of hydrogen-bond acceptors (Lipinski definition) is 3. The molecule has 1 aromatic carbocycles. The third-order valence-corrected chi connectivity index (χ3v) is 2.36. The molecule has 1 N–H and O–H groups in total. The van der Waals surface area contributed by atoms with Gasteiger partial charge in [-0.05, 0) is 24.1 Å². The number of hydrogen-bond donors (Lipinski definition) is 1. The van der Waals surface area contributed by atoms with Gasteiger partial charge in [-0.1, -0.05) is 25.4 Å². The summed E-state index contributed by atoms with van der Waals surface area (Å²) in [6.07, 6.45) is 0. The molecule has 0 aromatic heterocycles. The fourth-order valence-electron chi connectivity index (χ4n) is 1.34. The Morgan fingerprint density at radius 1 is 1.29 bits per heavy atom. The van der Waals surface area contributed by atoms with Crippen LogP contribution in [0.5, 0.6) is 5.75 Å². The van der Waals surface area contributed by atoms with Crippen molar-refractivity contribution in [3.8, 4) is 5.75 Å². The molecular formula is C13H19ClO3. The van der Waals surface area contributed by atoms with E-state index in [2.05, 4.69) is 13.8 Å². The average Bonchev–Trinajstić information content (AvgIpc) is 2.29. The van der Waals surface area contributed by atoms with Crippen LogP contribution in [-0.2, 0) is 11.3 Å². The third-order valence-electron chi connectivity index (χ3n) is 2.13. The summed E-state index contributed by atoms with van der Waals surface area (Å²) in [5.41, 5.74) is 0.696. The predicted molar refractivity (Wildman–Crippen MR) is 68.5 cm³/mol. The second-order valence-corrected chi connectivity index (χ2v) is 4.66. The van der Waals surface area contributed by atoms with Gasteiger partial charge in [0.1, 0.15) is 12.4 Å². The Morgan fingerprint density at radius 2 is 2.06 bits per heavy atom. The van der Waals surface area contributed by atoms with Crippen LogP contribution in [0.25, 0.3) is 0 Å². The van der Waals surface area contributed by atoms with Gasteiger partial charge in [-0.3, -0.25) is 0 Å². The summed E-state index contributed by atoms with van der Waals surface area (Å²) in [4.78, 5) is 0. The lowest BCUT2D eigenvalue weighted by Gasteiger charge is -2.11. The highest BCUT2D eigenvalue weighted by molar-refractivity contribution is 6.30. The van der Waals surface area contributed by atoms with Crippen LogP contribution >= 0.6 is 11.6 Å². The third kappa shape index (κ3) is 5.39. The van der Waals surface area contributed by atoms with Crippen LogP contribution in [0.3, 0.4) is 0 Å². The van der Waals surface area contributed by atoms with Crippen LogP contribution in [0.4, 0.5) is 0 Å². The molecule has 0 radical (unpaired) electrons. The topological polar surface area (TPSA) is 38.7 Å². The van der Waals surface area contributed by atoms with Crippen molar-refractivity contribution in [3.63, 3.8) is 0 Å². The normalized spacial score (nSPS) is 10.9. The van der Waals surface area contributed by atoms with E-state index in [-0.39, 0.29) is 6.61 Å².